The lowest BCUT2D eigenvalue weighted by molar-refractivity contribution is -0.384. The summed E-state index contributed by atoms with van der Waals surface area (Å²) in [6.45, 7) is 0. The molecular formula is C9H11N3O5. The number of ether oxygens (including phenoxy) is 2. The van der Waals surface area contributed by atoms with Crippen molar-refractivity contribution in [2.45, 2.75) is 0 Å². The number of methoxy groups -OCH3 is 1. The van der Waals surface area contributed by atoms with E-state index in [1.165, 1.54) is 20.2 Å². The third-order valence-electron chi connectivity index (χ3n) is 1.96. The number of primary amides is 1. The normalized spacial score (nSPS) is 9.53. The number of nitrogens with two attached hydrogens (primary N) is 1. The fraction of sp³-hybridized carbons (Fsp3) is 0.222. The summed E-state index contributed by atoms with van der Waals surface area (Å²) in [5.41, 5.74) is 4.84. The van der Waals surface area contributed by atoms with Crippen LogP contribution in [0, 0.1) is 10.1 Å². The number of amides is 1. The molecule has 0 aliphatic carbocycles. The average molecular weight is 241 g/mol. The van der Waals surface area contributed by atoms with Crippen LogP contribution in [0.2, 0.25) is 0 Å². The molecule has 0 fully saturated rings. The summed E-state index contributed by atoms with van der Waals surface area (Å²) in [6.07, 6.45) is -1.07. The van der Waals surface area contributed by atoms with Crippen LogP contribution in [-0.2, 0) is 0 Å². The summed E-state index contributed by atoms with van der Waals surface area (Å²) in [5.74, 6) is 0.0597. The Kier molecular flexibility index (Phi) is 3.70. The Morgan fingerprint density at radius 3 is 2.53 bits per heavy atom. The van der Waals surface area contributed by atoms with E-state index in [9.17, 15) is 14.9 Å². The van der Waals surface area contributed by atoms with Crippen molar-refractivity contribution in [3.8, 4) is 11.5 Å². The first-order valence-electron chi connectivity index (χ1n) is 4.51. The molecule has 0 radical (unpaired) electrons. The largest absolute Gasteiger partial charge is 0.493 e. The van der Waals surface area contributed by atoms with Crippen LogP contribution in [0.3, 0.4) is 0 Å². The van der Waals surface area contributed by atoms with E-state index in [4.69, 9.17) is 10.5 Å². The summed E-state index contributed by atoms with van der Waals surface area (Å²) in [6, 6.07) is 2.41. The topological polar surface area (TPSA) is 117 Å². The highest BCUT2D eigenvalue weighted by molar-refractivity contribution is 5.73. The van der Waals surface area contributed by atoms with E-state index < -0.39 is 11.0 Å². The zero-order valence-electron chi connectivity index (χ0n) is 9.22. The molecule has 1 aromatic carbocycles. The molecule has 1 rings (SSSR count). The third-order valence-corrected chi connectivity index (χ3v) is 1.96. The van der Waals surface area contributed by atoms with Crippen LogP contribution in [-0.4, -0.2) is 25.2 Å². The number of carbonyl (C=O) groups is 1. The molecule has 8 nitrogen and oxygen atoms in total. The minimum absolute atomic E-state index is 0.106. The Bertz CT molecular complexity index is 460. The van der Waals surface area contributed by atoms with Crippen molar-refractivity contribution in [3.63, 3.8) is 0 Å². The fourth-order valence-electron chi connectivity index (χ4n) is 1.25. The highest BCUT2D eigenvalue weighted by Crippen LogP contribution is 2.37. The molecule has 0 spiro atoms. The molecule has 17 heavy (non-hydrogen) atoms. The van der Waals surface area contributed by atoms with Crippen LogP contribution in [0.15, 0.2) is 12.1 Å². The first-order chi connectivity index (χ1) is 7.99. The molecule has 0 aliphatic heterocycles. The second-order valence-corrected chi connectivity index (χ2v) is 2.95. The van der Waals surface area contributed by atoms with E-state index in [2.05, 4.69) is 10.1 Å². The van der Waals surface area contributed by atoms with Crippen molar-refractivity contribution < 1.29 is 19.2 Å². The zero-order chi connectivity index (χ0) is 13.0. The number of nitro benzene ring substituents is 1. The molecule has 0 unspecified atom stereocenters. The van der Waals surface area contributed by atoms with Gasteiger partial charge in [0.15, 0.2) is 11.5 Å². The quantitative estimate of drug-likeness (QED) is 0.602. The molecule has 0 aliphatic rings. The van der Waals surface area contributed by atoms with Crippen molar-refractivity contribution in [2.75, 3.05) is 19.5 Å². The molecule has 3 N–H and O–H groups in total. The van der Waals surface area contributed by atoms with Gasteiger partial charge >= 0.3 is 6.09 Å². The van der Waals surface area contributed by atoms with Gasteiger partial charge in [-0.3, -0.25) is 10.1 Å². The van der Waals surface area contributed by atoms with Gasteiger partial charge in [0, 0.05) is 13.1 Å². The lowest BCUT2D eigenvalue weighted by Crippen LogP contribution is -2.17. The predicted molar refractivity (Wildman–Crippen MR) is 59.4 cm³/mol. The van der Waals surface area contributed by atoms with Gasteiger partial charge in [-0.2, -0.15) is 0 Å². The van der Waals surface area contributed by atoms with Gasteiger partial charge in [0.05, 0.1) is 18.1 Å². The Balaban J connectivity index is 3.33. The van der Waals surface area contributed by atoms with Crippen molar-refractivity contribution in [1.82, 2.24) is 0 Å². The minimum Gasteiger partial charge on any atom is -0.493 e. The van der Waals surface area contributed by atoms with Gasteiger partial charge in [0.1, 0.15) is 5.69 Å². The molecule has 8 heteroatoms. The average Bonchev–Trinajstić information content (AvgIpc) is 2.27. The fourth-order valence-corrected chi connectivity index (χ4v) is 1.25. The van der Waals surface area contributed by atoms with Crippen molar-refractivity contribution >= 4 is 17.5 Å². The Labute approximate surface area is 96.5 Å². The summed E-state index contributed by atoms with van der Waals surface area (Å²) in [5, 5.41) is 13.4. The second kappa shape index (κ2) is 5.01. The lowest BCUT2D eigenvalue weighted by atomic mass is 10.2. The van der Waals surface area contributed by atoms with Gasteiger partial charge in [0.2, 0.25) is 0 Å². The van der Waals surface area contributed by atoms with Crippen LogP contribution >= 0.6 is 0 Å². The van der Waals surface area contributed by atoms with Crippen LogP contribution in [0.4, 0.5) is 16.2 Å². The first-order valence-corrected chi connectivity index (χ1v) is 4.51. The number of hydrogen-bond donors (Lipinski definition) is 2. The smallest absolute Gasteiger partial charge is 0.410 e. The minimum atomic E-state index is -1.07. The lowest BCUT2D eigenvalue weighted by Gasteiger charge is -2.10. The van der Waals surface area contributed by atoms with E-state index in [1.54, 1.807) is 0 Å². The Morgan fingerprint density at radius 2 is 2.12 bits per heavy atom. The van der Waals surface area contributed by atoms with Crippen LogP contribution in [0.1, 0.15) is 0 Å². The van der Waals surface area contributed by atoms with Crippen molar-refractivity contribution in [2.24, 2.45) is 5.73 Å². The Morgan fingerprint density at radius 1 is 1.47 bits per heavy atom. The summed E-state index contributed by atoms with van der Waals surface area (Å²) in [4.78, 5) is 20.8. The SMILES string of the molecule is CNc1cc(OC)c(OC(N)=O)cc1[N+](=O)[O-]. The number of nitrogens with one attached hydrogen (secondary N) is 1. The zero-order valence-corrected chi connectivity index (χ0v) is 9.22. The first kappa shape index (κ1) is 12.6. The van der Waals surface area contributed by atoms with Crippen LogP contribution < -0.4 is 20.5 Å². The van der Waals surface area contributed by atoms with E-state index in [0.717, 1.165) is 6.07 Å². The van der Waals surface area contributed by atoms with Gasteiger partial charge in [-0.1, -0.05) is 0 Å². The molecule has 0 bridgehead atoms. The van der Waals surface area contributed by atoms with E-state index in [0.29, 0.717) is 0 Å². The molecule has 0 saturated carbocycles. The predicted octanol–water partition coefficient (Wildman–Crippen LogP) is 1.10. The summed E-state index contributed by atoms with van der Waals surface area (Å²) in [7, 11) is 2.87. The number of carbonyl (C=O) groups excluding carboxylic acids is 1. The summed E-state index contributed by atoms with van der Waals surface area (Å²) >= 11 is 0. The highest BCUT2D eigenvalue weighted by Gasteiger charge is 2.20. The maximum absolute atomic E-state index is 10.8. The molecular weight excluding hydrogens is 230 g/mol. The third kappa shape index (κ3) is 2.74. The van der Waals surface area contributed by atoms with Gasteiger partial charge in [-0.25, -0.2) is 4.79 Å². The monoisotopic (exact) mass is 241 g/mol. The van der Waals surface area contributed by atoms with Crippen molar-refractivity contribution in [1.29, 1.82) is 0 Å². The van der Waals surface area contributed by atoms with Crippen molar-refractivity contribution in [3.05, 3.63) is 22.2 Å². The van der Waals surface area contributed by atoms with Crippen LogP contribution in [0.5, 0.6) is 11.5 Å². The molecule has 0 aromatic heterocycles. The molecule has 0 saturated heterocycles. The number of nitro groups is 1. The number of hydrogen-bond acceptors (Lipinski definition) is 6. The van der Waals surface area contributed by atoms with Crippen LogP contribution in [0.25, 0.3) is 0 Å². The van der Waals surface area contributed by atoms with Gasteiger partial charge < -0.3 is 20.5 Å². The molecule has 1 amide bonds. The van der Waals surface area contributed by atoms with E-state index in [1.807, 2.05) is 0 Å². The molecule has 92 valence electrons. The number of anilines is 1. The summed E-state index contributed by atoms with van der Waals surface area (Å²) < 4.78 is 9.54. The van der Waals surface area contributed by atoms with Gasteiger partial charge in [0.25, 0.3) is 5.69 Å². The van der Waals surface area contributed by atoms with Gasteiger partial charge in [-0.05, 0) is 0 Å². The molecule has 0 heterocycles. The maximum Gasteiger partial charge on any atom is 0.410 e. The maximum atomic E-state index is 10.8. The number of nitrogens with zero attached hydrogens (tertiary/aromatic N) is 1. The molecule has 0 atom stereocenters. The van der Waals surface area contributed by atoms with E-state index >= 15 is 0 Å². The highest BCUT2D eigenvalue weighted by atomic mass is 16.6. The Hall–Kier alpha value is -2.51. The van der Waals surface area contributed by atoms with Gasteiger partial charge in [-0.15, -0.1) is 0 Å². The molecule has 1 aromatic rings. The number of benzene rings is 1. The van der Waals surface area contributed by atoms with E-state index in [-0.39, 0.29) is 22.9 Å². The standard InChI is InChI=1S/C9H11N3O5/c1-11-5-3-7(16-2)8(17-9(10)13)4-6(5)12(14)15/h3-4,11H,1-2H3,(H2,10,13). The number of rotatable bonds is 4. The second-order valence-electron chi connectivity index (χ2n) is 2.95.